The Morgan fingerprint density at radius 1 is 0.906 bits per heavy atom. The van der Waals surface area contributed by atoms with Gasteiger partial charge in [-0.1, -0.05) is 24.3 Å². The number of nitrogens with zero attached hydrogens (tertiary/aromatic N) is 2. The van der Waals surface area contributed by atoms with Crippen molar-refractivity contribution < 1.29 is 23.9 Å². The summed E-state index contributed by atoms with van der Waals surface area (Å²) in [5.41, 5.74) is 1.63. The number of carbonyl (C=O) groups excluding carboxylic acids is 3. The van der Waals surface area contributed by atoms with E-state index in [1.165, 1.54) is 0 Å². The predicted octanol–water partition coefficient (Wildman–Crippen LogP) is 1.62. The van der Waals surface area contributed by atoms with E-state index in [1.807, 2.05) is 29.2 Å². The number of amides is 3. The third kappa shape index (κ3) is 4.12. The Labute approximate surface area is 186 Å². The lowest BCUT2D eigenvalue weighted by molar-refractivity contribution is -0.139. The maximum Gasteiger partial charge on any atom is 0.251 e. The summed E-state index contributed by atoms with van der Waals surface area (Å²) in [6.45, 7) is 2.19. The molecular formula is C24H25N3O5. The van der Waals surface area contributed by atoms with Gasteiger partial charge in [-0.25, -0.2) is 0 Å². The van der Waals surface area contributed by atoms with Crippen LogP contribution in [-0.2, 0) is 9.59 Å². The zero-order valence-corrected chi connectivity index (χ0v) is 17.7. The fourth-order valence-corrected chi connectivity index (χ4v) is 4.35. The Hall–Kier alpha value is -3.55. The van der Waals surface area contributed by atoms with E-state index >= 15 is 0 Å². The zero-order valence-electron chi connectivity index (χ0n) is 17.7. The van der Waals surface area contributed by atoms with Crippen molar-refractivity contribution in [2.24, 2.45) is 5.92 Å². The summed E-state index contributed by atoms with van der Waals surface area (Å²) in [7, 11) is 0. The van der Waals surface area contributed by atoms with Crippen LogP contribution in [0.1, 0.15) is 28.3 Å². The van der Waals surface area contributed by atoms with Gasteiger partial charge in [0.25, 0.3) is 5.91 Å². The van der Waals surface area contributed by atoms with E-state index in [4.69, 9.17) is 9.47 Å². The quantitative estimate of drug-likeness (QED) is 0.771. The van der Waals surface area contributed by atoms with Gasteiger partial charge in [-0.3, -0.25) is 14.4 Å². The maximum absolute atomic E-state index is 12.9. The van der Waals surface area contributed by atoms with Crippen molar-refractivity contribution >= 4 is 17.7 Å². The highest BCUT2D eigenvalue weighted by molar-refractivity contribution is 5.96. The van der Waals surface area contributed by atoms with Gasteiger partial charge in [-0.15, -0.1) is 0 Å². The van der Waals surface area contributed by atoms with Crippen LogP contribution < -0.4 is 14.8 Å². The van der Waals surface area contributed by atoms with Gasteiger partial charge in [0, 0.05) is 37.7 Å². The van der Waals surface area contributed by atoms with Crippen molar-refractivity contribution in [2.45, 2.75) is 12.3 Å². The number of hydrogen-bond acceptors (Lipinski definition) is 5. The molecule has 8 heteroatoms. The molecule has 2 heterocycles. The summed E-state index contributed by atoms with van der Waals surface area (Å²) < 4.78 is 10.8. The molecule has 3 amide bonds. The summed E-state index contributed by atoms with van der Waals surface area (Å²) in [6.07, 6.45) is 0.836. The third-order valence-corrected chi connectivity index (χ3v) is 6.31. The van der Waals surface area contributed by atoms with Crippen molar-refractivity contribution in [3.05, 3.63) is 59.7 Å². The molecule has 2 aromatic carbocycles. The fraction of sp³-hybridized carbons (Fsp3) is 0.375. The van der Waals surface area contributed by atoms with Crippen molar-refractivity contribution in [1.82, 2.24) is 15.1 Å². The Bertz CT molecular complexity index is 1030. The molecule has 0 aromatic heterocycles. The minimum atomic E-state index is -0.268. The summed E-state index contributed by atoms with van der Waals surface area (Å²) in [4.78, 5) is 41.1. The normalized spacial score (nSPS) is 21.2. The molecule has 0 spiro atoms. The number of benzene rings is 2. The molecule has 1 N–H and O–H groups in total. The molecule has 2 aromatic rings. The molecule has 1 saturated carbocycles. The highest BCUT2D eigenvalue weighted by atomic mass is 16.7. The molecule has 2 fully saturated rings. The molecule has 0 bridgehead atoms. The van der Waals surface area contributed by atoms with Gasteiger partial charge >= 0.3 is 0 Å². The summed E-state index contributed by atoms with van der Waals surface area (Å²) in [5, 5.41) is 2.67. The van der Waals surface area contributed by atoms with Crippen LogP contribution >= 0.6 is 0 Å². The lowest BCUT2D eigenvalue weighted by atomic mass is 10.1. The van der Waals surface area contributed by atoms with Gasteiger partial charge in [0.2, 0.25) is 18.6 Å². The molecule has 8 nitrogen and oxygen atoms in total. The fourth-order valence-electron chi connectivity index (χ4n) is 4.35. The Kier molecular flexibility index (Phi) is 5.43. The Balaban J connectivity index is 1.08. The third-order valence-electron chi connectivity index (χ3n) is 6.31. The summed E-state index contributed by atoms with van der Waals surface area (Å²) >= 11 is 0. The predicted molar refractivity (Wildman–Crippen MR) is 115 cm³/mol. The number of hydrogen-bond donors (Lipinski definition) is 1. The average molecular weight is 435 g/mol. The SMILES string of the molecule is O=C(NCC(=O)N1CCN(C(=O)C2CC2c2ccc3c(c2)OCO3)CC1)c1ccccc1. The van der Waals surface area contributed by atoms with Gasteiger partial charge in [0.05, 0.1) is 6.54 Å². The second-order valence-corrected chi connectivity index (χ2v) is 8.32. The van der Waals surface area contributed by atoms with Crippen molar-refractivity contribution in [3.8, 4) is 11.5 Å². The molecule has 2 unspecified atom stereocenters. The molecule has 0 radical (unpaired) electrons. The summed E-state index contributed by atoms with van der Waals surface area (Å²) in [5.74, 6) is 1.44. The van der Waals surface area contributed by atoms with E-state index in [-0.39, 0.29) is 42.9 Å². The molecule has 5 rings (SSSR count). The molecule has 166 valence electrons. The average Bonchev–Trinajstić information content (AvgIpc) is 3.51. The lowest BCUT2D eigenvalue weighted by Gasteiger charge is -2.35. The van der Waals surface area contributed by atoms with Crippen molar-refractivity contribution in [1.29, 1.82) is 0 Å². The molecule has 3 aliphatic rings. The van der Waals surface area contributed by atoms with E-state index < -0.39 is 0 Å². The second kappa shape index (κ2) is 8.53. The van der Waals surface area contributed by atoms with Gasteiger partial charge in [-0.05, 0) is 42.2 Å². The first-order chi connectivity index (χ1) is 15.6. The number of piperazine rings is 1. The largest absolute Gasteiger partial charge is 0.454 e. The van der Waals surface area contributed by atoms with E-state index in [2.05, 4.69) is 5.32 Å². The first-order valence-electron chi connectivity index (χ1n) is 10.9. The minimum absolute atomic E-state index is 0.0113. The Morgan fingerprint density at radius 2 is 1.62 bits per heavy atom. The van der Waals surface area contributed by atoms with Gasteiger partial charge < -0.3 is 24.6 Å². The summed E-state index contributed by atoms with van der Waals surface area (Å²) in [6, 6.07) is 14.7. The highest BCUT2D eigenvalue weighted by Gasteiger charge is 2.46. The second-order valence-electron chi connectivity index (χ2n) is 8.32. The monoisotopic (exact) mass is 435 g/mol. The van der Waals surface area contributed by atoms with Gasteiger partial charge in [0.1, 0.15) is 0 Å². The molecule has 32 heavy (non-hydrogen) atoms. The number of nitrogens with one attached hydrogen (secondary N) is 1. The number of carbonyl (C=O) groups is 3. The molecule has 2 aliphatic heterocycles. The van der Waals surface area contributed by atoms with E-state index in [0.717, 1.165) is 23.5 Å². The smallest absolute Gasteiger partial charge is 0.251 e. The standard InChI is InChI=1S/C24H25N3O5/c28-22(14-25-23(29)16-4-2-1-3-5-16)26-8-10-27(11-9-26)24(30)19-13-18(19)17-6-7-20-21(12-17)32-15-31-20/h1-7,12,18-19H,8-11,13-15H2,(H,25,29). The van der Waals surface area contributed by atoms with Crippen molar-refractivity contribution in [2.75, 3.05) is 39.5 Å². The van der Waals surface area contributed by atoms with Crippen LogP contribution in [-0.4, -0.2) is 67.0 Å². The topological polar surface area (TPSA) is 88.2 Å². The maximum atomic E-state index is 12.9. The van der Waals surface area contributed by atoms with Crippen LogP contribution in [0.5, 0.6) is 11.5 Å². The zero-order chi connectivity index (χ0) is 22.1. The van der Waals surface area contributed by atoms with E-state index in [0.29, 0.717) is 31.7 Å². The van der Waals surface area contributed by atoms with Crippen LogP contribution in [0.25, 0.3) is 0 Å². The number of fused-ring (bicyclic) bond motifs is 1. The minimum Gasteiger partial charge on any atom is -0.454 e. The Morgan fingerprint density at radius 3 is 2.41 bits per heavy atom. The first-order valence-corrected chi connectivity index (χ1v) is 10.9. The molecule has 1 aliphatic carbocycles. The van der Waals surface area contributed by atoms with Gasteiger partial charge in [-0.2, -0.15) is 0 Å². The first kappa shape index (κ1) is 20.4. The van der Waals surface area contributed by atoms with E-state index in [9.17, 15) is 14.4 Å². The van der Waals surface area contributed by atoms with Crippen LogP contribution in [0.2, 0.25) is 0 Å². The van der Waals surface area contributed by atoms with Crippen LogP contribution in [0.15, 0.2) is 48.5 Å². The van der Waals surface area contributed by atoms with Crippen molar-refractivity contribution in [3.63, 3.8) is 0 Å². The van der Waals surface area contributed by atoms with Crippen LogP contribution in [0.4, 0.5) is 0 Å². The number of ether oxygens (including phenoxy) is 2. The molecule has 1 saturated heterocycles. The van der Waals surface area contributed by atoms with E-state index in [1.54, 1.807) is 29.2 Å². The van der Waals surface area contributed by atoms with Gasteiger partial charge in [0.15, 0.2) is 11.5 Å². The lowest BCUT2D eigenvalue weighted by Crippen LogP contribution is -2.53. The van der Waals surface area contributed by atoms with Crippen LogP contribution in [0.3, 0.4) is 0 Å². The molecular weight excluding hydrogens is 410 g/mol. The highest BCUT2D eigenvalue weighted by Crippen LogP contribution is 2.50. The van der Waals surface area contributed by atoms with Crippen LogP contribution in [0, 0.1) is 5.92 Å². The number of rotatable bonds is 5. The molecule has 2 atom stereocenters.